The maximum atomic E-state index is 13.4. The molecule has 1 saturated heterocycles. The summed E-state index contributed by atoms with van der Waals surface area (Å²) >= 11 is 0. The van der Waals surface area contributed by atoms with Crippen LogP contribution < -0.4 is 16.0 Å². The van der Waals surface area contributed by atoms with Crippen LogP contribution in [0.25, 0.3) is 10.8 Å². The molecule has 2 aromatic carbocycles. The van der Waals surface area contributed by atoms with Crippen LogP contribution in [0.15, 0.2) is 42.5 Å². The van der Waals surface area contributed by atoms with E-state index in [2.05, 4.69) is 16.0 Å². The zero-order chi connectivity index (χ0) is 27.7. The molecule has 0 bridgehead atoms. The Balaban J connectivity index is 1.74. The lowest BCUT2D eigenvalue weighted by Crippen LogP contribution is -2.55. The van der Waals surface area contributed by atoms with E-state index in [-0.39, 0.29) is 36.2 Å². The molecule has 2 unspecified atom stereocenters. The van der Waals surface area contributed by atoms with Gasteiger partial charge in [0, 0.05) is 38.0 Å². The Kier molecular flexibility index (Phi) is 11.1. The molecule has 1 fully saturated rings. The minimum Gasteiger partial charge on any atom is -0.390 e. The van der Waals surface area contributed by atoms with E-state index >= 15 is 0 Å². The Morgan fingerprint density at radius 1 is 1.03 bits per heavy atom. The summed E-state index contributed by atoms with van der Waals surface area (Å²) in [7, 11) is 0. The summed E-state index contributed by atoms with van der Waals surface area (Å²) in [4.78, 5) is 41.5. The number of amides is 3. The third kappa shape index (κ3) is 8.01. The van der Waals surface area contributed by atoms with Crippen molar-refractivity contribution < 1.29 is 19.5 Å². The highest BCUT2D eigenvalue weighted by atomic mass is 16.3. The van der Waals surface area contributed by atoms with Crippen molar-refractivity contribution in [3.63, 3.8) is 0 Å². The van der Waals surface area contributed by atoms with E-state index in [0.29, 0.717) is 25.9 Å². The second kappa shape index (κ2) is 14.3. The average molecular weight is 525 g/mol. The molecule has 3 rings (SSSR count). The number of benzene rings is 2. The van der Waals surface area contributed by atoms with Gasteiger partial charge in [0.25, 0.3) is 0 Å². The summed E-state index contributed by atoms with van der Waals surface area (Å²) in [5, 5.41) is 21.3. The molecule has 0 aromatic heterocycles. The molecule has 1 aliphatic heterocycles. The normalized spacial score (nSPS) is 17.1. The van der Waals surface area contributed by atoms with E-state index in [1.165, 1.54) is 0 Å². The summed E-state index contributed by atoms with van der Waals surface area (Å²) in [6.07, 6.45) is 2.38. The van der Waals surface area contributed by atoms with Gasteiger partial charge in [0.2, 0.25) is 17.7 Å². The van der Waals surface area contributed by atoms with Crippen molar-refractivity contribution in [3.05, 3.63) is 48.0 Å². The SMILES string of the molecule is CCC(CC)C(=O)N1CCCC1C(=O)N[C@H](Cc1ccc2ccccc2c1)C(=O)NCC(O)CNC(C)C. The topological polar surface area (TPSA) is 111 Å². The molecule has 0 aliphatic carbocycles. The molecule has 0 spiro atoms. The van der Waals surface area contributed by atoms with Gasteiger partial charge in [-0.1, -0.05) is 70.2 Å². The van der Waals surface area contributed by atoms with Crippen LogP contribution in [0.1, 0.15) is 58.9 Å². The maximum absolute atomic E-state index is 13.4. The fraction of sp³-hybridized carbons (Fsp3) is 0.567. The van der Waals surface area contributed by atoms with Crippen LogP contribution in [-0.2, 0) is 20.8 Å². The van der Waals surface area contributed by atoms with Crippen molar-refractivity contribution >= 4 is 28.5 Å². The van der Waals surface area contributed by atoms with Crippen molar-refractivity contribution in [1.29, 1.82) is 0 Å². The number of likely N-dealkylation sites (tertiary alicyclic amines) is 1. The number of nitrogens with one attached hydrogen (secondary N) is 3. The first-order chi connectivity index (χ1) is 18.2. The molecule has 38 heavy (non-hydrogen) atoms. The van der Waals surface area contributed by atoms with Crippen molar-refractivity contribution in [2.45, 2.75) is 84.0 Å². The van der Waals surface area contributed by atoms with Gasteiger partial charge in [-0.15, -0.1) is 0 Å². The Bertz CT molecular complexity index is 1080. The predicted octanol–water partition coefficient (Wildman–Crippen LogP) is 2.77. The van der Waals surface area contributed by atoms with Gasteiger partial charge in [0.05, 0.1) is 6.10 Å². The molecule has 208 valence electrons. The van der Waals surface area contributed by atoms with E-state index in [9.17, 15) is 19.5 Å². The predicted molar refractivity (Wildman–Crippen MR) is 151 cm³/mol. The number of carbonyl (C=O) groups is 3. The van der Waals surface area contributed by atoms with Gasteiger partial charge in [-0.25, -0.2) is 0 Å². The van der Waals surface area contributed by atoms with Gasteiger partial charge in [-0.3, -0.25) is 14.4 Å². The molecule has 0 saturated carbocycles. The van der Waals surface area contributed by atoms with Crippen LogP contribution in [0.4, 0.5) is 0 Å². The summed E-state index contributed by atoms with van der Waals surface area (Å²) in [6, 6.07) is 12.8. The lowest BCUT2D eigenvalue weighted by molar-refractivity contribution is -0.142. The zero-order valence-electron chi connectivity index (χ0n) is 23.2. The maximum Gasteiger partial charge on any atom is 0.243 e. The molecule has 1 heterocycles. The van der Waals surface area contributed by atoms with E-state index in [0.717, 1.165) is 35.6 Å². The first-order valence-electron chi connectivity index (χ1n) is 14.0. The van der Waals surface area contributed by atoms with Gasteiger partial charge in [-0.05, 0) is 42.0 Å². The standard InChI is InChI=1S/C30H44N4O4/c1-5-22(6-2)30(38)34-15-9-12-27(34)29(37)33-26(28(36)32-19-25(35)18-31-20(3)4)17-21-13-14-23-10-7-8-11-24(23)16-21/h7-8,10-11,13-14,16,20,22,25-27,31,35H,5-6,9,12,15,17-19H2,1-4H3,(H,32,36)(H,33,37)/t25?,26-,27?/m1/s1. The lowest BCUT2D eigenvalue weighted by Gasteiger charge is -2.29. The molecule has 2 aromatic rings. The van der Waals surface area contributed by atoms with Crippen LogP contribution in [0.2, 0.25) is 0 Å². The molecule has 8 heteroatoms. The first kappa shape index (κ1) is 29.6. The quantitative estimate of drug-likeness (QED) is 0.322. The molecule has 8 nitrogen and oxygen atoms in total. The monoisotopic (exact) mass is 524 g/mol. The van der Waals surface area contributed by atoms with Gasteiger partial charge < -0.3 is 26.0 Å². The summed E-state index contributed by atoms with van der Waals surface area (Å²) in [5.74, 6) is -0.735. The Labute approximate surface area is 226 Å². The Hall–Kier alpha value is -2.97. The van der Waals surface area contributed by atoms with Crippen molar-refractivity contribution in [2.24, 2.45) is 5.92 Å². The van der Waals surface area contributed by atoms with E-state index < -0.39 is 18.2 Å². The van der Waals surface area contributed by atoms with Crippen molar-refractivity contribution in [2.75, 3.05) is 19.6 Å². The number of nitrogens with zero attached hydrogens (tertiary/aromatic N) is 1. The van der Waals surface area contributed by atoms with Gasteiger partial charge in [0.1, 0.15) is 12.1 Å². The highest BCUT2D eigenvalue weighted by Gasteiger charge is 2.37. The zero-order valence-corrected chi connectivity index (χ0v) is 23.2. The fourth-order valence-corrected chi connectivity index (χ4v) is 5.04. The number of hydrogen-bond donors (Lipinski definition) is 4. The second-order valence-corrected chi connectivity index (χ2v) is 10.6. The van der Waals surface area contributed by atoms with Gasteiger partial charge >= 0.3 is 0 Å². The highest BCUT2D eigenvalue weighted by Crippen LogP contribution is 2.23. The van der Waals surface area contributed by atoms with E-state index in [1.807, 2.05) is 70.2 Å². The molecule has 0 radical (unpaired) electrons. The molecular weight excluding hydrogens is 480 g/mol. The number of aliphatic hydroxyl groups is 1. The fourth-order valence-electron chi connectivity index (χ4n) is 5.04. The van der Waals surface area contributed by atoms with Crippen molar-refractivity contribution in [1.82, 2.24) is 20.9 Å². The number of carbonyl (C=O) groups excluding carboxylic acids is 3. The summed E-state index contributed by atoms with van der Waals surface area (Å²) < 4.78 is 0. The molecule has 3 atom stereocenters. The van der Waals surface area contributed by atoms with Crippen LogP contribution in [0, 0.1) is 5.92 Å². The van der Waals surface area contributed by atoms with Crippen LogP contribution in [0.3, 0.4) is 0 Å². The number of aliphatic hydroxyl groups excluding tert-OH is 1. The Morgan fingerprint density at radius 2 is 1.74 bits per heavy atom. The summed E-state index contributed by atoms with van der Waals surface area (Å²) in [5.41, 5.74) is 0.919. The Morgan fingerprint density at radius 3 is 2.42 bits per heavy atom. The number of hydrogen-bond acceptors (Lipinski definition) is 5. The second-order valence-electron chi connectivity index (χ2n) is 10.6. The number of rotatable bonds is 13. The van der Waals surface area contributed by atoms with E-state index in [1.54, 1.807) is 4.90 Å². The van der Waals surface area contributed by atoms with Crippen LogP contribution >= 0.6 is 0 Å². The summed E-state index contributed by atoms with van der Waals surface area (Å²) in [6.45, 7) is 8.95. The van der Waals surface area contributed by atoms with Crippen molar-refractivity contribution in [3.8, 4) is 0 Å². The minimum atomic E-state index is -0.834. The van der Waals surface area contributed by atoms with Gasteiger partial charge in [-0.2, -0.15) is 0 Å². The van der Waals surface area contributed by atoms with Crippen LogP contribution in [-0.4, -0.2) is 71.6 Å². The number of fused-ring (bicyclic) bond motifs is 1. The third-order valence-corrected chi connectivity index (χ3v) is 7.33. The molecule has 3 amide bonds. The smallest absolute Gasteiger partial charge is 0.243 e. The highest BCUT2D eigenvalue weighted by molar-refractivity contribution is 5.93. The molecular formula is C30H44N4O4. The van der Waals surface area contributed by atoms with E-state index in [4.69, 9.17) is 0 Å². The minimum absolute atomic E-state index is 0.0176. The largest absolute Gasteiger partial charge is 0.390 e. The first-order valence-corrected chi connectivity index (χ1v) is 14.0. The van der Waals surface area contributed by atoms with Gasteiger partial charge in [0.15, 0.2) is 0 Å². The molecule has 4 N–H and O–H groups in total. The molecule has 1 aliphatic rings. The third-order valence-electron chi connectivity index (χ3n) is 7.33. The average Bonchev–Trinajstić information content (AvgIpc) is 3.41. The lowest BCUT2D eigenvalue weighted by atomic mass is 10.00. The van der Waals surface area contributed by atoms with Crippen LogP contribution in [0.5, 0.6) is 0 Å².